The molecule has 2 amide bonds. The zero-order chi connectivity index (χ0) is 22.6. The molecule has 166 valence electrons. The first kappa shape index (κ1) is 23.7. The quantitative estimate of drug-likeness (QED) is 0.542. The molecule has 0 radical (unpaired) electrons. The van der Waals surface area contributed by atoms with Crippen molar-refractivity contribution in [1.82, 2.24) is 10.2 Å². The molecule has 30 heavy (non-hydrogen) atoms. The highest BCUT2D eigenvalue weighted by molar-refractivity contribution is 6.34. The molecule has 1 heterocycles. The van der Waals surface area contributed by atoms with E-state index in [4.69, 9.17) is 21.1 Å². The van der Waals surface area contributed by atoms with Gasteiger partial charge >= 0.3 is 11.8 Å². The third kappa shape index (κ3) is 6.48. The van der Waals surface area contributed by atoms with Crippen molar-refractivity contribution >= 4 is 29.3 Å². The van der Waals surface area contributed by atoms with E-state index in [0.29, 0.717) is 25.9 Å². The van der Waals surface area contributed by atoms with Gasteiger partial charge in [0.1, 0.15) is 5.60 Å². The van der Waals surface area contributed by atoms with E-state index in [1.807, 2.05) is 0 Å². The maximum absolute atomic E-state index is 12.7. The molecule has 0 atom stereocenters. The number of nitro groups is 1. The van der Waals surface area contributed by atoms with Crippen molar-refractivity contribution in [3.8, 4) is 5.75 Å². The number of nitrogens with zero attached hydrogens (tertiary/aromatic N) is 2. The molecule has 1 aliphatic heterocycles. The van der Waals surface area contributed by atoms with Crippen LogP contribution in [0.1, 0.15) is 57.8 Å². The number of halogens is 1. The topological polar surface area (TPSA) is 111 Å². The molecule has 1 saturated heterocycles. The van der Waals surface area contributed by atoms with Crippen LogP contribution in [0.15, 0.2) is 12.1 Å². The molecule has 0 aromatic heterocycles. The van der Waals surface area contributed by atoms with Crippen molar-refractivity contribution in [2.75, 3.05) is 13.1 Å². The van der Waals surface area contributed by atoms with Crippen LogP contribution in [0, 0.1) is 10.1 Å². The van der Waals surface area contributed by atoms with Gasteiger partial charge < -0.3 is 19.7 Å². The minimum atomic E-state index is -0.607. The van der Waals surface area contributed by atoms with Crippen LogP contribution in [0.5, 0.6) is 5.75 Å². The second-order valence-corrected chi connectivity index (χ2v) is 8.85. The summed E-state index contributed by atoms with van der Waals surface area (Å²) in [5.41, 5.74) is -0.883. The molecule has 0 aliphatic carbocycles. The first-order chi connectivity index (χ1) is 13.9. The largest absolute Gasteiger partial charge is 0.484 e. The van der Waals surface area contributed by atoms with Gasteiger partial charge in [-0.1, -0.05) is 11.6 Å². The van der Waals surface area contributed by atoms with Crippen LogP contribution in [-0.4, -0.2) is 52.7 Å². The predicted octanol–water partition coefficient (Wildman–Crippen LogP) is 4.16. The van der Waals surface area contributed by atoms with Crippen LogP contribution >= 0.6 is 11.6 Å². The molecular formula is C20H28ClN3O6. The lowest BCUT2D eigenvalue weighted by atomic mass is 10.0. The molecule has 0 saturated carbocycles. The SMILES string of the molecule is CC(C)Oc1cc(Cl)c(C(=O)NC2CCN(C(=O)OC(C)(C)C)CC2)cc1[N+](=O)[O-]. The third-order valence-electron chi connectivity index (χ3n) is 4.33. The summed E-state index contributed by atoms with van der Waals surface area (Å²) in [6.45, 7) is 9.77. The molecule has 1 fully saturated rings. The summed E-state index contributed by atoms with van der Waals surface area (Å²) in [7, 11) is 0. The van der Waals surface area contributed by atoms with Gasteiger partial charge in [-0.15, -0.1) is 0 Å². The van der Waals surface area contributed by atoms with Crippen molar-refractivity contribution in [2.24, 2.45) is 0 Å². The lowest BCUT2D eigenvalue weighted by Crippen LogP contribution is -2.47. The van der Waals surface area contributed by atoms with E-state index < -0.39 is 16.4 Å². The summed E-state index contributed by atoms with van der Waals surface area (Å²) in [5, 5.41) is 14.3. The maximum Gasteiger partial charge on any atom is 0.410 e. The Kier molecular flexibility index (Phi) is 7.52. The molecule has 0 bridgehead atoms. The van der Waals surface area contributed by atoms with E-state index in [9.17, 15) is 19.7 Å². The van der Waals surface area contributed by atoms with Crippen molar-refractivity contribution in [3.05, 3.63) is 32.8 Å². The Labute approximate surface area is 180 Å². The monoisotopic (exact) mass is 441 g/mol. The van der Waals surface area contributed by atoms with Gasteiger partial charge in [-0.25, -0.2) is 4.79 Å². The zero-order valence-corrected chi connectivity index (χ0v) is 18.6. The van der Waals surface area contributed by atoms with Crippen LogP contribution in [0.3, 0.4) is 0 Å². The van der Waals surface area contributed by atoms with Crippen LogP contribution in [0.4, 0.5) is 10.5 Å². The number of likely N-dealkylation sites (tertiary alicyclic amines) is 1. The van der Waals surface area contributed by atoms with Gasteiger partial charge in [-0.2, -0.15) is 0 Å². The minimum Gasteiger partial charge on any atom is -0.484 e. The summed E-state index contributed by atoms with van der Waals surface area (Å²) >= 11 is 6.20. The second kappa shape index (κ2) is 9.51. The lowest BCUT2D eigenvalue weighted by molar-refractivity contribution is -0.386. The smallest absolute Gasteiger partial charge is 0.410 e. The molecule has 9 nitrogen and oxygen atoms in total. The number of carbonyl (C=O) groups is 2. The van der Waals surface area contributed by atoms with Gasteiger partial charge in [0.2, 0.25) is 0 Å². The van der Waals surface area contributed by atoms with E-state index in [-0.39, 0.29) is 40.3 Å². The molecule has 1 aromatic carbocycles. The van der Waals surface area contributed by atoms with Crippen molar-refractivity contribution in [1.29, 1.82) is 0 Å². The molecule has 2 rings (SSSR count). The normalized spacial score (nSPS) is 15.1. The van der Waals surface area contributed by atoms with E-state index in [2.05, 4.69) is 5.32 Å². The fourth-order valence-electron chi connectivity index (χ4n) is 3.00. The summed E-state index contributed by atoms with van der Waals surface area (Å²) in [4.78, 5) is 37.2. The number of rotatable bonds is 5. The van der Waals surface area contributed by atoms with Gasteiger partial charge in [-0.05, 0) is 47.5 Å². The maximum atomic E-state index is 12.7. The Morgan fingerprint density at radius 2 is 1.87 bits per heavy atom. The number of piperidine rings is 1. The number of ether oxygens (including phenoxy) is 2. The average molecular weight is 442 g/mol. The van der Waals surface area contributed by atoms with Crippen LogP contribution in [0.2, 0.25) is 5.02 Å². The predicted molar refractivity (Wildman–Crippen MR) is 112 cm³/mol. The van der Waals surface area contributed by atoms with Crippen molar-refractivity contribution < 1.29 is 24.0 Å². The molecule has 0 unspecified atom stereocenters. The number of carbonyl (C=O) groups excluding carboxylic acids is 2. The molecule has 0 spiro atoms. The van der Waals surface area contributed by atoms with Crippen LogP contribution in [0.25, 0.3) is 0 Å². The Hall–Kier alpha value is -2.55. The number of hydrogen-bond donors (Lipinski definition) is 1. The highest BCUT2D eigenvalue weighted by Gasteiger charge is 2.29. The third-order valence-corrected chi connectivity index (χ3v) is 4.65. The molecule has 10 heteroatoms. The fourth-order valence-corrected chi connectivity index (χ4v) is 3.24. The second-order valence-electron chi connectivity index (χ2n) is 8.44. The summed E-state index contributed by atoms with van der Waals surface area (Å²) in [6.07, 6.45) is 0.416. The van der Waals surface area contributed by atoms with Gasteiger partial charge in [0, 0.05) is 31.3 Å². The number of hydrogen-bond acceptors (Lipinski definition) is 6. The van der Waals surface area contributed by atoms with Gasteiger partial charge in [-0.3, -0.25) is 14.9 Å². The first-order valence-corrected chi connectivity index (χ1v) is 10.2. The minimum absolute atomic E-state index is 0.00837. The molecule has 1 aromatic rings. The Bertz CT molecular complexity index is 813. The average Bonchev–Trinajstić information content (AvgIpc) is 2.60. The van der Waals surface area contributed by atoms with Crippen molar-refractivity contribution in [3.63, 3.8) is 0 Å². The summed E-state index contributed by atoms with van der Waals surface area (Å²) in [5.74, 6) is -0.489. The molecule has 1 aliphatic rings. The van der Waals surface area contributed by atoms with Gasteiger partial charge in [0.25, 0.3) is 5.91 Å². The van der Waals surface area contributed by atoms with E-state index in [1.54, 1.807) is 39.5 Å². The highest BCUT2D eigenvalue weighted by atomic mass is 35.5. The van der Waals surface area contributed by atoms with Gasteiger partial charge in [0.05, 0.1) is 21.6 Å². The Morgan fingerprint density at radius 1 is 1.27 bits per heavy atom. The van der Waals surface area contributed by atoms with Crippen LogP contribution < -0.4 is 10.1 Å². The lowest BCUT2D eigenvalue weighted by Gasteiger charge is -2.33. The van der Waals surface area contributed by atoms with E-state index >= 15 is 0 Å². The highest BCUT2D eigenvalue weighted by Crippen LogP contribution is 2.34. The van der Waals surface area contributed by atoms with E-state index in [0.717, 1.165) is 6.07 Å². The Balaban J connectivity index is 2.04. The van der Waals surface area contributed by atoms with E-state index in [1.165, 1.54) is 6.07 Å². The number of nitrogens with one attached hydrogen (secondary N) is 1. The van der Waals surface area contributed by atoms with Crippen LogP contribution in [-0.2, 0) is 4.74 Å². The Morgan fingerprint density at radius 3 is 2.37 bits per heavy atom. The fraction of sp³-hybridized carbons (Fsp3) is 0.600. The van der Waals surface area contributed by atoms with Gasteiger partial charge in [0.15, 0.2) is 5.75 Å². The van der Waals surface area contributed by atoms with Crippen molar-refractivity contribution in [2.45, 2.75) is 65.2 Å². The molecule has 1 N–H and O–H groups in total. The zero-order valence-electron chi connectivity index (χ0n) is 17.9. The number of benzene rings is 1. The number of nitro benzene ring substituents is 1. The summed E-state index contributed by atoms with van der Waals surface area (Å²) < 4.78 is 10.8. The number of amides is 2. The summed E-state index contributed by atoms with van der Waals surface area (Å²) in [6, 6.07) is 2.24. The standard InChI is InChI=1S/C20H28ClN3O6/c1-12(2)29-17-11-15(21)14(10-16(17)24(27)28)18(25)22-13-6-8-23(9-7-13)19(26)30-20(3,4)5/h10-13H,6-9H2,1-5H3,(H,22,25). The first-order valence-electron chi connectivity index (χ1n) is 9.80. The molecular weight excluding hydrogens is 414 g/mol.